The first-order valence-electron chi connectivity index (χ1n) is 17.8. The maximum atomic E-state index is 13.9. The molecule has 284 valence electrons. The number of fused-ring (bicyclic) bond motifs is 1. The number of anilines is 2. The van der Waals surface area contributed by atoms with Crippen molar-refractivity contribution in [2.24, 2.45) is 13.0 Å². The van der Waals surface area contributed by atoms with Gasteiger partial charge in [0.25, 0.3) is 5.91 Å². The van der Waals surface area contributed by atoms with E-state index in [4.69, 9.17) is 9.47 Å². The molecule has 2 aromatic carbocycles. The number of sulfonamides is 1. The lowest BCUT2D eigenvalue weighted by atomic mass is 9.86. The van der Waals surface area contributed by atoms with Crippen LogP contribution in [0.1, 0.15) is 76.0 Å². The van der Waals surface area contributed by atoms with Crippen LogP contribution in [0, 0.1) is 5.92 Å². The number of hydrogen-bond donors (Lipinski definition) is 2. The number of benzene rings is 2. The molecule has 0 bridgehead atoms. The lowest BCUT2D eigenvalue weighted by molar-refractivity contribution is -0.134. The Morgan fingerprint density at radius 3 is 2.29 bits per heavy atom. The monoisotopic (exact) mass is 738 g/mol. The van der Waals surface area contributed by atoms with E-state index in [2.05, 4.69) is 21.0 Å². The molecule has 13 nitrogen and oxygen atoms in total. The van der Waals surface area contributed by atoms with Crippen LogP contribution >= 0.6 is 0 Å². The number of para-hydroxylation sites is 1. The minimum absolute atomic E-state index is 0.0944. The van der Waals surface area contributed by atoms with Crippen molar-refractivity contribution in [2.45, 2.75) is 71.9 Å². The SMILES string of the molecule is COc1c(NC(=O)c2cc3cccc(CN4CCCN(C(=O)[C@H]5CCN(C(=O)OC(C)(C)C)C5)CC4)c3n2C)cc(C(C)(C)C)cc1NS(C)(=O)=O. The summed E-state index contributed by atoms with van der Waals surface area (Å²) in [5.41, 5.74) is 2.94. The van der Waals surface area contributed by atoms with Crippen LogP contribution in [0.25, 0.3) is 10.9 Å². The van der Waals surface area contributed by atoms with Crippen LogP contribution in [-0.2, 0) is 38.6 Å². The molecule has 0 spiro atoms. The summed E-state index contributed by atoms with van der Waals surface area (Å²) in [6.45, 7) is 15.9. The second kappa shape index (κ2) is 15.0. The van der Waals surface area contributed by atoms with Crippen molar-refractivity contribution in [2.75, 3.05) is 62.7 Å². The number of carbonyl (C=O) groups excluding carboxylic acids is 3. The van der Waals surface area contributed by atoms with Gasteiger partial charge in [0, 0.05) is 58.2 Å². The lowest BCUT2D eigenvalue weighted by Crippen LogP contribution is -2.41. The number of hydrogen-bond acceptors (Lipinski definition) is 8. The van der Waals surface area contributed by atoms with E-state index >= 15 is 0 Å². The third kappa shape index (κ3) is 9.19. The summed E-state index contributed by atoms with van der Waals surface area (Å²) < 4.78 is 39.9. The molecule has 2 aliphatic rings. The van der Waals surface area contributed by atoms with E-state index in [-0.39, 0.29) is 40.7 Å². The summed E-state index contributed by atoms with van der Waals surface area (Å²) >= 11 is 0. The van der Waals surface area contributed by atoms with E-state index in [1.165, 1.54) is 7.11 Å². The number of aromatic nitrogens is 1. The molecule has 0 saturated carbocycles. The van der Waals surface area contributed by atoms with Crippen LogP contribution in [0.4, 0.5) is 16.2 Å². The Morgan fingerprint density at radius 1 is 0.923 bits per heavy atom. The highest BCUT2D eigenvalue weighted by Crippen LogP contribution is 2.39. The zero-order chi connectivity index (χ0) is 38.2. The Bertz CT molecular complexity index is 1940. The summed E-state index contributed by atoms with van der Waals surface area (Å²) in [4.78, 5) is 45.9. The Hall–Kier alpha value is -4.30. The molecule has 3 aromatic rings. The standard InChI is InChI=1S/C38H54N6O7S/c1-37(2,3)28-21-29(33(50-8)30(22-28)40-52(9,48)49)39-34(45)31-20-25-12-10-13-26(32(25)41(31)7)23-42-15-11-16-43(19-18-42)35(46)27-14-17-44(24-27)36(47)51-38(4,5)6/h10,12-13,20-22,27,40H,11,14-19,23-24H2,1-9H3,(H,39,45)/t27-/m0/s1. The van der Waals surface area contributed by atoms with Crippen molar-refractivity contribution in [1.29, 1.82) is 0 Å². The summed E-state index contributed by atoms with van der Waals surface area (Å²) in [7, 11) is -0.320. The Kier molecular flexibility index (Phi) is 11.2. The number of amides is 3. The van der Waals surface area contributed by atoms with Gasteiger partial charge in [-0.05, 0) is 68.4 Å². The van der Waals surface area contributed by atoms with Gasteiger partial charge in [0.1, 0.15) is 11.3 Å². The van der Waals surface area contributed by atoms with E-state index in [1.54, 1.807) is 11.0 Å². The zero-order valence-electron chi connectivity index (χ0n) is 32.0. The number of nitrogens with one attached hydrogen (secondary N) is 2. The van der Waals surface area contributed by atoms with Gasteiger partial charge in [-0.25, -0.2) is 13.2 Å². The van der Waals surface area contributed by atoms with Crippen molar-refractivity contribution in [3.63, 3.8) is 0 Å². The number of nitrogens with zero attached hydrogens (tertiary/aromatic N) is 4. The molecule has 3 amide bonds. The smallest absolute Gasteiger partial charge is 0.410 e. The number of methoxy groups -OCH3 is 1. The van der Waals surface area contributed by atoms with E-state index in [0.717, 1.165) is 41.3 Å². The third-order valence-electron chi connectivity index (χ3n) is 9.56. The molecule has 5 rings (SSSR count). The van der Waals surface area contributed by atoms with E-state index in [9.17, 15) is 22.8 Å². The first-order valence-corrected chi connectivity index (χ1v) is 19.7. The number of rotatable bonds is 8. The van der Waals surface area contributed by atoms with Crippen molar-refractivity contribution < 1.29 is 32.3 Å². The molecule has 2 N–H and O–H groups in total. The van der Waals surface area contributed by atoms with Gasteiger partial charge in [-0.2, -0.15) is 0 Å². The van der Waals surface area contributed by atoms with Crippen LogP contribution in [-0.4, -0.2) is 104 Å². The first kappa shape index (κ1) is 38.9. The fourth-order valence-electron chi connectivity index (χ4n) is 6.99. The molecule has 52 heavy (non-hydrogen) atoms. The quantitative estimate of drug-likeness (QED) is 0.313. The predicted octanol–water partition coefficient (Wildman–Crippen LogP) is 5.40. The minimum atomic E-state index is -3.62. The normalized spacial score (nSPS) is 17.6. The average molecular weight is 739 g/mol. The molecule has 1 atom stereocenters. The van der Waals surface area contributed by atoms with E-state index in [0.29, 0.717) is 57.1 Å². The first-order chi connectivity index (χ1) is 24.2. The molecule has 0 unspecified atom stereocenters. The van der Waals surface area contributed by atoms with Crippen molar-refractivity contribution in [3.8, 4) is 5.75 Å². The highest BCUT2D eigenvalue weighted by Gasteiger charge is 2.36. The van der Waals surface area contributed by atoms with Crippen LogP contribution in [0.2, 0.25) is 0 Å². The predicted molar refractivity (Wildman–Crippen MR) is 203 cm³/mol. The number of aryl methyl sites for hydroxylation is 1. The van der Waals surface area contributed by atoms with Crippen molar-refractivity contribution in [1.82, 2.24) is 19.3 Å². The maximum absolute atomic E-state index is 13.9. The molecular weight excluding hydrogens is 685 g/mol. The summed E-state index contributed by atoms with van der Waals surface area (Å²) in [5.74, 6) is -0.273. The number of carbonyl (C=O) groups is 3. The zero-order valence-corrected chi connectivity index (χ0v) is 32.8. The van der Waals surface area contributed by atoms with Gasteiger partial charge in [0.2, 0.25) is 15.9 Å². The second-order valence-corrected chi connectivity index (χ2v) is 17.7. The molecule has 0 radical (unpaired) electrons. The highest BCUT2D eigenvalue weighted by molar-refractivity contribution is 7.92. The molecule has 0 aliphatic carbocycles. The van der Waals surface area contributed by atoms with Crippen molar-refractivity contribution >= 4 is 50.2 Å². The fourth-order valence-corrected chi connectivity index (χ4v) is 7.54. The number of ether oxygens (including phenoxy) is 2. The Balaban J connectivity index is 1.30. The van der Waals surface area contributed by atoms with Crippen LogP contribution < -0.4 is 14.8 Å². The number of likely N-dealkylation sites (tertiary alicyclic amines) is 1. The topological polar surface area (TPSA) is 143 Å². The lowest BCUT2D eigenvalue weighted by Gasteiger charge is -2.26. The minimum Gasteiger partial charge on any atom is -0.492 e. The Labute approximate surface area is 307 Å². The molecule has 2 aliphatic heterocycles. The van der Waals surface area contributed by atoms with Gasteiger partial charge in [-0.15, -0.1) is 0 Å². The van der Waals surface area contributed by atoms with Gasteiger partial charge in [-0.1, -0.05) is 39.0 Å². The van der Waals surface area contributed by atoms with Gasteiger partial charge < -0.3 is 29.2 Å². The van der Waals surface area contributed by atoms with Crippen molar-refractivity contribution in [3.05, 3.63) is 53.2 Å². The Morgan fingerprint density at radius 2 is 1.63 bits per heavy atom. The van der Waals surface area contributed by atoms with E-state index < -0.39 is 15.6 Å². The van der Waals surface area contributed by atoms with Gasteiger partial charge in [0.05, 0.1) is 36.2 Å². The van der Waals surface area contributed by atoms with Gasteiger partial charge in [0.15, 0.2) is 5.75 Å². The second-order valence-electron chi connectivity index (χ2n) is 16.0. The molecule has 1 aromatic heterocycles. The highest BCUT2D eigenvalue weighted by atomic mass is 32.2. The largest absolute Gasteiger partial charge is 0.492 e. The van der Waals surface area contributed by atoms with Crippen LogP contribution in [0.3, 0.4) is 0 Å². The van der Waals surface area contributed by atoms with Gasteiger partial charge >= 0.3 is 6.09 Å². The maximum Gasteiger partial charge on any atom is 0.410 e. The van der Waals surface area contributed by atoms with Gasteiger partial charge in [-0.3, -0.25) is 19.2 Å². The summed E-state index contributed by atoms with van der Waals surface area (Å²) in [6, 6.07) is 11.4. The summed E-state index contributed by atoms with van der Waals surface area (Å²) in [5, 5.41) is 3.91. The molecule has 2 saturated heterocycles. The molecular formula is C38H54N6O7S. The fraction of sp³-hybridized carbons (Fsp3) is 0.553. The average Bonchev–Trinajstić information content (AvgIpc) is 3.58. The van der Waals surface area contributed by atoms with Crippen LogP contribution in [0.5, 0.6) is 5.75 Å². The summed E-state index contributed by atoms with van der Waals surface area (Å²) in [6.07, 6.45) is 2.17. The molecule has 3 heterocycles. The van der Waals surface area contributed by atoms with Crippen LogP contribution in [0.15, 0.2) is 36.4 Å². The molecule has 14 heteroatoms. The van der Waals surface area contributed by atoms with E-state index in [1.807, 2.05) is 82.3 Å². The third-order valence-corrected chi connectivity index (χ3v) is 10.1. The molecule has 2 fully saturated rings.